The van der Waals surface area contributed by atoms with Gasteiger partial charge in [0, 0.05) is 26.0 Å². The third-order valence-corrected chi connectivity index (χ3v) is 3.11. The molecule has 2 aromatic rings. The molecule has 4 heteroatoms. The van der Waals surface area contributed by atoms with Gasteiger partial charge in [0.1, 0.15) is 11.9 Å². The van der Waals surface area contributed by atoms with Crippen LogP contribution in [0.1, 0.15) is 36.4 Å². The molecule has 102 valence electrons. The summed E-state index contributed by atoms with van der Waals surface area (Å²) in [6.07, 6.45) is 3.93. The number of methoxy groups -OCH3 is 1. The highest BCUT2D eigenvalue weighted by molar-refractivity contribution is 5.32. The third kappa shape index (κ3) is 3.03. The average Bonchev–Trinajstić information content (AvgIpc) is 2.88. The molecule has 0 aliphatic rings. The van der Waals surface area contributed by atoms with Crippen LogP contribution in [0.5, 0.6) is 0 Å². The zero-order valence-electron chi connectivity index (χ0n) is 11.4. The van der Waals surface area contributed by atoms with Gasteiger partial charge in [0.25, 0.3) is 0 Å². The molecule has 2 rings (SSSR count). The molecule has 1 unspecified atom stereocenters. The van der Waals surface area contributed by atoms with Gasteiger partial charge >= 0.3 is 0 Å². The highest BCUT2D eigenvalue weighted by atomic mass is 16.5. The lowest BCUT2D eigenvalue weighted by atomic mass is 10.0. The number of ether oxygens (including phenoxy) is 1. The topological polar surface area (TPSA) is 47.3 Å². The summed E-state index contributed by atoms with van der Waals surface area (Å²) in [7, 11) is 1.65. The van der Waals surface area contributed by atoms with Crippen LogP contribution in [-0.2, 0) is 17.9 Å². The number of hydrogen-bond donors (Lipinski definition) is 1. The molecule has 1 aromatic carbocycles. The summed E-state index contributed by atoms with van der Waals surface area (Å²) in [6, 6.07) is 7.76. The van der Waals surface area contributed by atoms with Gasteiger partial charge in [0.15, 0.2) is 0 Å². The molecule has 0 aliphatic heterocycles. The Morgan fingerprint density at radius 2 is 2.16 bits per heavy atom. The van der Waals surface area contributed by atoms with E-state index in [0.29, 0.717) is 12.4 Å². The number of aliphatic hydroxyl groups is 1. The Morgan fingerprint density at radius 1 is 1.37 bits per heavy atom. The largest absolute Gasteiger partial charge is 0.380 e. The van der Waals surface area contributed by atoms with Gasteiger partial charge < -0.3 is 14.4 Å². The summed E-state index contributed by atoms with van der Waals surface area (Å²) in [4.78, 5) is 4.28. The third-order valence-electron chi connectivity index (χ3n) is 3.11. The molecule has 1 atom stereocenters. The first-order valence-corrected chi connectivity index (χ1v) is 6.53. The minimum Gasteiger partial charge on any atom is -0.380 e. The van der Waals surface area contributed by atoms with Crippen molar-refractivity contribution in [2.45, 2.75) is 32.6 Å². The van der Waals surface area contributed by atoms with E-state index in [-0.39, 0.29) is 0 Å². The van der Waals surface area contributed by atoms with Gasteiger partial charge in [0.2, 0.25) is 0 Å². The maximum Gasteiger partial charge on any atom is 0.142 e. The summed E-state index contributed by atoms with van der Waals surface area (Å²) in [5.74, 6) is 0.686. The van der Waals surface area contributed by atoms with Gasteiger partial charge in [-0.2, -0.15) is 0 Å². The second-order valence-electron chi connectivity index (χ2n) is 4.51. The van der Waals surface area contributed by atoms with E-state index in [9.17, 15) is 5.11 Å². The summed E-state index contributed by atoms with van der Waals surface area (Å²) in [5.41, 5.74) is 1.84. The van der Waals surface area contributed by atoms with Crippen molar-refractivity contribution in [2.24, 2.45) is 0 Å². The number of imidazole rings is 1. The smallest absolute Gasteiger partial charge is 0.142 e. The average molecular weight is 260 g/mol. The minimum atomic E-state index is -0.715. The lowest BCUT2D eigenvalue weighted by Crippen LogP contribution is -2.11. The van der Waals surface area contributed by atoms with Crippen LogP contribution < -0.4 is 0 Å². The van der Waals surface area contributed by atoms with Crippen molar-refractivity contribution in [1.29, 1.82) is 0 Å². The molecule has 0 bridgehead atoms. The zero-order chi connectivity index (χ0) is 13.7. The van der Waals surface area contributed by atoms with Crippen molar-refractivity contribution in [3.05, 3.63) is 53.6 Å². The standard InChI is InChI=1S/C15H20N2O2/c1-3-9-17-10-8-16-15(17)14(18)13-7-5-4-6-12(13)11-19-2/h4-8,10,14,18H,3,9,11H2,1-2H3. The number of aromatic nitrogens is 2. The van der Waals surface area contributed by atoms with Crippen LogP contribution in [0.25, 0.3) is 0 Å². The Morgan fingerprint density at radius 3 is 2.89 bits per heavy atom. The fourth-order valence-corrected chi connectivity index (χ4v) is 2.23. The van der Waals surface area contributed by atoms with E-state index in [1.807, 2.05) is 35.0 Å². The van der Waals surface area contributed by atoms with E-state index < -0.39 is 6.10 Å². The summed E-state index contributed by atoms with van der Waals surface area (Å²) in [6.45, 7) is 3.45. The van der Waals surface area contributed by atoms with Crippen LogP contribution in [0.3, 0.4) is 0 Å². The second kappa shape index (κ2) is 6.50. The highest BCUT2D eigenvalue weighted by Gasteiger charge is 2.18. The predicted octanol–water partition coefficient (Wildman–Crippen LogP) is 2.52. The van der Waals surface area contributed by atoms with E-state index in [2.05, 4.69) is 11.9 Å². The van der Waals surface area contributed by atoms with Gasteiger partial charge in [-0.15, -0.1) is 0 Å². The van der Waals surface area contributed by atoms with Crippen molar-refractivity contribution >= 4 is 0 Å². The van der Waals surface area contributed by atoms with Crippen LogP contribution in [0, 0.1) is 0 Å². The lowest BCUT2D eigenvalue weighted by Gasteiger charge is -2.16. The van der Waals surface area contributed by atoms with Gasteiger partial charge in [0.05, 0.1) is 6.61 Å². The molecular formula is C15H20N2O2. The molecule has 1 N–H and O–H groups in total. The van der Waals surface area contributed by atoms with Gasteiger partial charge in [-0.3, -0.25) is 0 Å². The molecule has 0 aliphatic carbocycles. The molecule has 1 aromatic heterocycles. The van der Waals surface area contributed by atoms with Crippen molar-refractivity contribution in [3.63, 3.8) is 0 Å². The van der Waals surface area contributed by atoms with Crippen LogP contribution >= 0.6 is 0 Å². The van der Waals surface area contributed by atoms with Crippen molar-refractivity contribution < 1.29 is 9.84 Å². The molecule has 1 heterocycles. The number of nitrogens with zero attached hydrogens (tertiary/aromatic N) is 2. The molecule has 0 fully saturated rings. The molecule has 0 spiro atoms. The second-order valence-corrected chi connectivity index (χ2v) is 4.51. The van der Waals surface area contributed by atoms with E-state index in [1.54, 1.807) is 13.3 Å². The van der Waals surface area contributed by atoms with E-state index in [4.69, 9.17) is 4.74 Å². The normalized spacial score (nSPS) is 12.6. The lowest BCUT2D eigenvalue weighted by molar-refractivity contribution is 0.173. The van der Waals surface area contributed by atoms with Crippen LogP contribution in [0.4, 0.5) is 0 Å². The molecule has 0 saturated heterocycles. The number of rotatable bonds is 6. The van der Waals surface area contributed by atoms with Gasteiger partial charge in [-0.25, -0.2) is 4.98 Å². The van der Waals surface area contributed by atoms with E-state index in [0.717, 1.165) is 24.1 Å². The van der Waals surface area contributed by atoms with Crippen molar-refractivity contribution in [1.82, 2.24) is 9.55 Å². The Labute approximate surface area is 113 Å². The van der Waals surface area contributed by atoms with Crippen LogP contribution in [-0.4, -0.2) is 21.8 Å². The molecular weight excluding hydrogens is 240 g/mol. The Kier molecular flexibility index (Phi) is 4.71. The first kappa shape index (κ1) is 13.8. The van der Waals surface area contributed by atoms with E-state index >= 15 is 0 Å². The van der Waals surface area contributed by atoms with Gasteiger partial charge in [-0.05, 0) is 17.5 Å². The highest BCUT2D eigenvalue weighted by Crippen LogP contribution is 2.24. The first-order valence-electron chi connectivity index (χ1n) is 6.53. The quantitative estimate of drug-likeness (QED) is 0.868. The fraction of sp³-hybridized carbons (Fsp3) is 0.400. The van der Waals surface area contributed by atoms with Crippen molar-refractivity contribution in [3.8, 4) is 0 Å². The zero-order valence-corrected chi connectivity index (χ0v) is 11.4. The Hall–Kier alpha value is -1.65. The Balaban J connectivity index is 2.32. The summed E-state index contributed by atoms with van der Waals surface area (Å²) in [5, 5.41) is 10.6. The first-order chi connectivity index (χ1) is 9.27. The summed E-state index contributed by atoms with van der Waals surface area (Å²) >= 11 is 0. The molecule has 0 radical (unpaired) electrons. The van der Waals surface area contributed by atoms with E-state index in [1.165, 1.54) is 0 Å². The SMILES string of the molecule is CCCn1ccnc1C(O)c1ccccc1COC. The minimum absolute atomic E-state index is 0.488. The van der Waals surface area contributed by atoms with Crippen molar-refractivity contribution in [2.75, 3.05) is 7.11 Å². The maximum absolute atomic E-state index is 10.6. The van der Waals surface area contributed by atoms with Crippen LogP contribution in [0.15, 0.2) is 36.7 Å². The number of aliphatic hydroxyl groups excluding tert-OH is 1. The molecule has 19 heavy (non-hydrogen) atoms. The monoisotopic (exact) mass is 260 g/mol. The summed E-state index contributed by atoms with van der Waals surface area (Å²) < 4.78 is 7.17. The predicted molar refractivity (Wildman–Crippen MR) is 73.7 cm³/mol. The fourth-order valence-electron chi connectivity index (χ4n) is 2.23. The van der Waals surface area contributed by atoms with Crippen LogP contribution in [0.2, 0.25) is 0 Å². The number of aryl methyl sites for hydroxylation is 1. The maximum atomic E-state index is 10.6. The Bertz CT molecular complexity index is 522. The molecule has 0 saturated carbocycles. The molecule has 0 amide bonds. The number of benzene rings is 1. The number of hydrogen-bond acceptors (Lipinski definition) is 3. The molecule has 4 nitrogen and oxygen atoms in total. The van der Waals surface area contributed by atoms with Gasteiger partial charge in [-0.1, -0.05) is 31.2 Å².